The molecule has 0 unspecified atom stereocenters. The molecule has 3 fully saturated rings. The number of rotatable bonds is 1. The fourth-order valence-corrected chi connectivity index (χ4v) is 6.84. The Morgan fingerprint density at radius 3 is 2.52 bits per heavy atom. The van der Waals surface area contributed by atoms with Gasteiger partial charge >= 0.3 is 0 Å². The van der Waals surface area contributed by atoms with E-state index in [1.54, 1.807) is 6.92 Å². The van der Waals surface area contributed by atoms with Crippen LogP contribution in [-0.4, -0.2) is 44.3 Å². The van der Waals surface area contributed by atoms with Crippen LogP contribution in [0.15, 0.2) is 23.3 Å². The van der Waals surface area contributed by atoms with E-state index < -0.39 is 23.2 Å². The standard InChI is InChI=1S/C21H32O4/c1-12(22)21(25)9-7-16-15-5-4-13-10-14(23)6-8-19(13,2)18(15)17(24)11-20(16,21)3/h4-5,12,14,16-18,22-25H,6-11H2,1-3H3/t12-,14-,16-,17+,18+,19-,20-,21-/m0/s1. The quantitative estimate of drug-likeness (QED) is 0.586. The molecule has 0 radical (unpaired) electrons. The van der Waals surface area contributed by atoms with Crippen LogP contribution in [-0.2, 0) is 0 Å². The molecular weight excluding hydrogens is 316 g/mol. The normalized spacial score (nSPS) is 53.2. The largest absolute Gasteiger partial charge is 0.393 e. The van der Waals surface area contributed by atoms with Gasteiger partial charge in [0.15, 0.2) is 0 Å². The number of hydrogen-bond donors (Lipinski definition) is 4. The van der Waals surface area contributed by atoms with Crippen LogP contribution in [0, 0.1) is 22.7 Å². The van der Waals surface area contributed by atoms with Crippen LogP contribution in [0.3, 0.4) is 0 Å². The predicted molar refractivity (Wildman–Crippen MR) is 95.7 cm³/mol. The van der Waals surface area contributed by atoms with Gasteiger partial charge in [0.2, 0.25) is 0 Å². The number of aliphatic hydroxyl groups excluding tert-OH is 3. The van der Waals surface area contributed by atoms with Crippen molar-refractivity contribution in [3.8, 4) is 0 Å². The molecule has 0 aromatic heterocycles. The van der Waals surface area contributed by atoms with E-state index in [0.717, 1.165) is 19.3 Å². The summed E-state index contributed by atoms with van der Waals surface area (Å²) in [5, 5.41) is 42.7. The van der Waals surface area contributed by atoms with Crippen LogP contribution in [0.2, 0.25) is 0 Å². The Labute approximate surface area is 150 Å². The number of fused-ring (bicyclic) bond motifs is 5. The summed E-state index contributed by atoms with van der Waals surface area (Å²) in [5.41, 5.74) is 0.763. The smallest absolute Gasteiger partial charge is 0.0962 e. The third-order valence-electron chi connectivity index (χ3n) is 8.39. The minimum Gasteiger partial charge on any atom is -0.393 e. The lowest BCUT2D eigenvalue weighted by Gasteiger charge is -2.58. The third-order valence-corrected chi connectivity index (χ3v) is 8.39. The van der Waals surface area contributed by atoms with Crippen molar-refractivity contribution in [1.82, 2.24) is 0 Å². The molecule has 0 aliphatic heterocycles. The maximum atomic E-state index is 11.2. The van der Waals surface area contributed by atoms with E-state index in [2.05, 4.69) is 19.1 Å². The van der Waals surface area contributed by atoms with E-state index in [1.807, 2.05) is 6.92 Å². The zero-order valence-electron chi connectivity index (χ0n) is 15.6. The minimum absolute atomic E-state index is 0.0643. The lowest BCUT2D eigenvalue weighted by Crippen LogP contribution is -2.59. The average molecular weight is 348 g/mol. The van der Waals surface area contributed by atoms with Gasteiger partial charge in [0.05, 0.1) is 23.9 Å². The third kappa shape index (κ3) is 2.14. The van der Waals surface area contributed by atoms with Crippen molar-refractivity contribution in [3.63, 3.8) is 0 Å². The molecule has 25 heavy (non-hydrogen) atoms. The van der Waals surface area contributed by atoms with Gasteiger partial charge in [-0.25, -0.2) is 0 Å². The van der Waals surface area contributed by atoms with Gasteiger partial charge in [-0.15, -0.1) is 0 Å². The summed E-state index contributed by atoms with van der Waals surface area (Å²) in [4.78, 5) is 0. The average Bonchev–Trinajstić information content (AvgIpc) is 2.80. The minimum atomic E-state index is -1.14. The molecule has 4 aliphatic carbocycles. The zero-order valence-corrected chi connectivity index (χ0v) is 15.6. The molecule has 0 bridgehead atoms. The van der Waals surface area contributed by atoms with Crippen LogP contribution >= 0.6 is 0 Å². The topological polar surface area (TPSA) is 80.9 Å². The molecule has 4 aliphatic rings. The zero-order chi connectivity index (χ0) is 18.2. The summed E-state index contributed by atoms with van der Waals surface area (Å²) in [7, 11) is 0. The van der Waals surface area contributed by atoms with E-state index in [1.165, 1.54) is 11.1 Å². The van der Waals surface area contributed by atoms with Crippen molar-refractivity contribution >= 4 is 0 Å². The van der Waals surface area contributed by atoms with Gasteiger partial charge in [-0.1, -0.05) is 37.1 Å². The molecule has 4 N–H and O–H groups in total. The van der Waals surface area contributed by atoms with E-state index in [-0.39, 0.29) is 23.4 Å². The SMILES string of the molecule is C[C@H](O)[C@@]1(O)CC[C@H]2C3=CC=C4C[C@@H](O)CC[C@]4(C)[C@H]3[C@H](O)C[C@@]21C. The van der Waals surface area contributed by atoms with Gasteiger partial charge in [-0.3, -0.25) is 0 Å². The fraction of sp³-hybridized carbons (Fsp3) is 0.810. The van der Waals surface area contributed by atoms with Gasteiger partial charge in [0, 0.05) is 11.3 Å². The Morgan fingerprint density at radius 2 is 1.84 bits per heavy atom. The molecule has 140 valence electrons. The first-order chi connectivity index (χ1) is 11.6. The van der Waals surface area contributed by atoms with Crippen molar-refractivity contribution in [1.29, 1.82) is 0 Å². The van der Waals surface area contributed by atoms with Crippen molar-refractivity contribution < 1.29 is 20.4 Å². The second-order valence-electron chi connectivity index (χ2n) is 9.53. The Hall–Kier alpha value is -0.680. The molecule has 8 atom stereocenters. The summed E-state index contributed by atoms with van der Waals surface area (Å²) in [6.45, 7) is 5.96. The highest BCUT2D eigenvalue weighted by Gasteiger charge is 2.65. The molecule has 0 aromatic rings. The van der Waals surface area contributed by atoms with Gasteiger partial charge < -0.3 is 20.4 Å². The summed E-state index contributed by atoms with van der Waals surface area (Å²) in [6.07, 6.45) is 7.03. The summed E-state index contributed by atoms with van der Waals surface area (Å²) < 4.78 is 0. The number of aliphatic hydroxyl groups is 4. The lowest BCUT2D eigenvalue weighted by molar-refractivity contribution is -0.166. The highest BCUT2D eigenvalue weighted by Crippen LogP contribution is 2.66. The summed E-state index contributed by atoms with van der Waals surface area (Å²) >= 11 is 0. The van der Waals surface area contributed by atoms with Gasteiger partial charge in [-0.2, -0.15) is 0 Å². The van der Waals surface area contributed by atoms with Crippen LogP contribution in [0.1, 0.15) is 59.3 Å². The molecule has 0 heterocycles. The molecule has 0 amide bonds. The predicted octanol–water partition coefficient (Wildman–Crippen LogP) is 2.31. The van der Waals surface area contributed by atoms with Gasteiger partial charge in [-0.05, 0) is 56.8 Å². The Balaban J connectivity index is 1.79. The molecule has 4 heteroatoms. The van der Waals surface area contributed by atoms with Crippen LogP contribution < -0.4 is 0 Å². The van der Waals surface area contributed by atoms with Crippen molar-refractivity contribution in [2.45, 2.75) is 83.2 Å². The van der Waals surface area contributed by atoms with Gasteiger partial charge in [0.25, 0.3) is 0 Å². The Bertz CT molecular complexity index is 638. The van der Waals surface area contributed by atoms with E-state index in [0.29, 0.717) is 19.3 Å². The van der Waals surface area contributed by atoms with Crippen LogP contribution in [0.25, 0.3) is 0 Å². The highest BCUT2D eigenvalue weighted by molar-refractivity contribution is 5.41. The Morgan fingerprint density at radius 1 is 1.12 bits per heavy atom. The molecule has 0 saturated heterocycles. The Kier molecular flexibility index (Phi) is 3.84. The van der Waals surface area contributed by atoms with Crippen LogP contribution in [0.4, 0.5) is 0 Å². The fourth-order valence-electron chi connectivity index (χ4n) is 6.84. The van der Waals surface area contributed by atoms with E-state index in [9.17, 15) is 20.4 Å². The maximum Gasteiger partial charge on any atom is 0.0962 e. The summed E-state index contributed by atoms with van der Waals surface area (Å²) in [5.74, 6) is 0.261. The van der Waals surface area contributed by atoms with Crippen LogP contribution in [0.5, 0.6) is 0 Å². The monoisotopic (exact) mass is 348 g/mol. The van der Waals surface area contributed by atoms with E-state index in [4.69, 9.17) is 0 Å². The highest BCUT2D eigenvalue weighted by atomic mass is 16.3. The first kappa shape index (κ1) is 17.7. The second kappa shape index (κ2) is 5.41. The maximum absolute atomic E-state index is 11.2. The second-order valence-corrected chi connectivity index (χ2v) is 9.53. The molecule has 4 rings (SSSR count). The van der Waals surface area contributed by atoms with Crippen molar-refractivity contribution in [2.24, 2.45) is 22.7 Å². The summed E-state index contributed by atoms with van der Waals surface area (Å²) in [6, 6.07) is 0. The van der Waals surface area contributed by atoms with E-state index >= 15 is 0 Å². The number of allylic oxidation sites excluding steroid dienone is 2. The number of hydrogen-bond acceptors (Lipinski definition) is 4. The van der Waals surface area contributed by atoms with Crippen molar-refractivity contribution in [2.75, 3.05) is 0 Å². The molecule has 0 spiro atoms. The molecule has 3 saturated carbocycles. The van der Waals surface area contributed by atoms with Gasteiger partial charge in [0.1, 0.15) is 0 Å². The first-order valence-electron chi connectivity index (χ1n) is 9.81. The lowest BCUT2D eigenvalue weighted by atomic mass is 9.49. The van der Waals surface area contributed by atoms with Crippen molar-refractivity contribution in [3.05, 3.63) is 23.3 Å². The molecule has 0 aromatic carbocycles. The first-order valence-corrected chi connectivity index (χ1v) is 9.81. The molecular formula is C21H32O4. The molecule has 4 nitrogen and oxygen atoms in total.